The van der Waals surface area contributed by atoms with E-state index in [0.29, 0.717) is 10.7 Å². The van der Waals surface area contributed by atoms with Crippen molar-refractivity contribution in [1.82, 2.24) is 0 Å². The van der Waals surface area contributed by atoms with Crippen LogP contribution in [0.2, 0.25) is 0 Å². The van der Waals surface area contributed by atoms with Gasteiger partial charge in [-0.25, -0.2) is 0 Å². The zero-order valence-electron chi connectivity index (χ0n) is 11.7. The smallest absolute Gasteiger partial charge is 0.0423 e. The maximum Gasteiger partial charge on any atom is 0.0423 e. The van der Waals surface area contributed by atoms with E-state index in [0.717, 1.165) is 5.92 Å². The van der Waals surface area contributed by atoms with Crippen LogP contribution >= 0.6 is 15.9 Å². The SMILES string of the molecule is CC(C)c1ccc(C(Br)C2CCCCCC2)cc1. The number of hydrogen-bond donors (Lipinski definition) is 0. The molecule has 1 aliphatic carbocycles. The highest BCUT2D eigenvalue weighted by Crippen LogP contribution is 2.39. The van der Waals surface area contributed by atoms with Gasteiger partial charge in [-0.2, -0.15) is 0 Å². The van der Waals surface area contributed by atoms with E-state index in [4.69, 9.17) is 0 Å². The summed E-state index contributed by atoms with van der Waals surface area (Å²) in [6.45, 7) is 4.51. The minimum Gasteiger partial charge on any atom is -0.0836 e. The molecule has 0 aromatic heterocycles. The summed E-state index contributed by atoms with van der Waals surface area (Å²) in [5.41, 5.74) is 2.91. The molecular formula is C17H25Br. The average molecular weight is 309 g/mol. The van der Waals surface area contributed by atoms with Crippen molar-refractivity contribution in [3.05, 3.63) is 35.4 Å². The molecule has 0 radical (unpaired) electrons. The molecule has 0 nitrogen and oxygen atoms in total. The summed E-state index contributed by atoms with van der Waals surface area (Å²) in [6, 6.07) is 9.23. The predicted octanol–water partition coefficient (Wildman–Crippen LogP) is 6.22. The summed E-state index contributed by atoms with van der Waals surface area (Å²) >= 11 is 3.94. The fourth-order valence-corrected chi connectivity index (χ4v) is 3.77. The van der Waals surface area contributed by atoms with Crippen LogP contribution in [0, 0.1) is 5.92 Å². The quantitative estimate of drug-likeness (QED) is 0.459. The van der Waals surface area contributed by atoms with Crippen molar-refractivity contribution in [2.75, 3.05) is 0 Å². The second kappa shape index (κ2) is 6.75. The van der Waals surface area contributed by atoms with Crippen molar-refractivity contribution in [2.24, 2.45) is 5.92 Å². The summed E-state index contributed by atoms with van der Waals surface area (Å²) in [7, 11) is 0. The van der Waals surface area contributed by atoms with E-state index >= 15 is 0 Å². The number of hydrogen-bond acceptors (Lipinski definition) is 0. The van der Waals surface area contributed by atoms with Crippen LogP contribution in [0.15, 0.2) is 24.3 Å². The lowest BCUT2D eigenvalue weighted by molar-refractivity contribution is 0.454. The third-order valence-electron chi connectivity index (χ3n) is 4.24. The number of rotatable bonds is 3. The van der Waals surface area contributed by atoms with Crippen LogP contribution in [-0.4, -0.2) is 0 Å². The third kappa shape index (κ3) is 3.60. The molecule has 0 bridgehead atoms. The Balaban J connectivity index is 2.05. The molecule has 0 heterocycles. The van der Waals surface area contributed by atoms with Crippen LogP contribution in [0.4, 0.5) is 0 Å². The van der Waals surface area contributed by atoms with E-state index in [1.807, 2.05) is 0 Å². The maximum absolute atomic E-state index is 3.94. The van der Waals surface area contributed by atoms with Crippen LogP contribution in [0.5, 0.6) is 0 Å². The monoisotopic (exact) mass is 308 g/mol. The molecule has 1 aliphatic rings. The topological polar surface area (TPSA) is 0 Å². The van der Waals surface area contributed by atoms with Gasteiger partial charge in [0, 0.05) is 4.83 Å². The van der Waals surface area contributed by atoms with E-state index in [1.54, 1.807) is 0 Å². The lowest BCUT2D eigenvalue weighted by atomic mass is 9.91. The van der Waals surface area contributed by atoms with Gasteiger partial charge in [0.2, 0.25) is 0 Å². The second-order valence-corrected chi connectivity index (χ2v) is 6.96. The Labute approximate surface area is 120 Å². The molecule has 0 amide bonds. The van der Waals surface area contributed by atoms with Crippen molar-refractivity contribution in [3.63, 3.8) is 0 Å². The van der Waals surface area contributed by atoms with Gasteiger partial charge in [-0.3, -0.25) is 0 Å². The molecule has 18 heavy (non-hydrogen) atoms. The zero-order valence-corrected chi connectivity index (χ0v) is 13.2. The maximum atomic E-state index is 3.94. The van der Waals surface area contributed by atoms with Crippen LogP contribution in [0.25, 0.3) is 0 Å². The van der Waals surface area contributed by atoms with Crippen molar-refractivity contribution in [3.8, 4) is 0 Å². The average Bonchev–Trinajstić information content (AvgIpc) is 2.67. The highest BCUT2D eigenvalue weighted by atomic mass is 79.9. The largest absolute Gasteiger partial charge is 0.0836 e. The molecule has 1 atom stereocenters. The molecule has 1 aromatic carbocycles. The number of halogens is 1. The Bertz CT molecular complexity index is 344. The minimum atomic E-state index is 0.553. The normalized spacial score (nSPS) is 19.8. The molecule has 0 aliphatic heterocycles. The Morgan fingerprint density at radius 2 is 1.39 bits per heavy atom. The van der Waals surface area contributed by atoms with Gasteiger partial charge in [0.25, 0.3) is 0 Å². The van der Waals surface area contributed by atoms with E-state index < -0.39 is 0 Å². The Kier molecular flexibility index (Phi) is 5.29. The molecule has 0 spiro atoms. The van der Waals surface area contributed by atoms with Gasteiger partial charge >= 0.3 is 0 Å². The molecule has 100 valence electrons. The Hall–Kier alpha value is -0.300. The highest BCUT2D eigenvalue weighted by Gasteiger charge is 2.21. The van der Waals surface area contributed by atoms with Gasteiger partial charge in [0.15, 0.2) is 0 Å². The van der Waals surface area contributed by atoms with Crippen molar-refractivity contribution in [2.45, 2.75) is 63.1 Å². The predicted molar refractivity (Wildman–Crippen MR) is 83.4 cm³/mol. The standard InChI is InChI=1S/C17H25Br/c1-13(2)14-9-11-16(12-10-14)17(18)15-7-5-3-4-6-8-15/h9-13,15,17H,3-8H2,1-2H3. The summed E-state index contributed by atoms with van der Waals surface area (Å²) in [4.78, 5) is 0.553. The van der Waals surface area contributed by atoms with Crippen molar-refractivity contribution in [1.29, 1.82) is 0 Å². The van der Waals surface area contributed by atoms with Gasteiger partial charge in [0.1, 0.15) is 0 Å². The summed E-state index contributed by atoms with van der Waals surface area (Å²) in [5, 5.41) is 0. The summed E-state index contributed by atoms with van der Waals surface area (Å²) in [6.07, 6.45) is 8.47. The lowest BCUT2D eigenvalue weighted by Gasteiger charge is -2.21. The molecule has 1 aromatic rings. The van der Waals surface area contributed by atoms with E-state index in [2.05, 4.69) is 54.0 Å². The number of alkyl halides is 1. The molecular weight excluding hydrogens is 284 g/mol. The van der Waals surface area contributed by atoms with Crippen molar-refractivity contribution >= 4 is 15.9 Å². The van der Waals surface area contributed by atoms with Gasteiger partial charge in [0.05, 0.1) is 0 Å². The van der Waals surface area contributed by atoms with Gasteiger partial charge in [-0.05, 0) is 35.8 Å². The van der Waals surface area contributed by atoms with Gasteiger partial charge < -0.3 is 0 Å². The molecule has 1 fully saturated rings. The van der Waals surface area contributed by atoms with Crippen LogP contribution in [0.3, 0.4) is 0 Å². The first kappa shape index (κ1) is 14.1. The molecule has 1 heteroatoms. The van der Waals surface area contributed by atoms with Crippen LogP contribution < -0.4 is 0 Å². The second-order valence-electron chi connectivity index (χ2n) is 5.97. The molecule has 0 saturated heterocycles. The van der Waals surface area contributed by atoms with E-state index in [9.17, 15) is 0 Å². The molecule has 2 rings (SSSR count). The molecule has 1 unspecified atom stereocenters. The van der Waals surface area contributed by atoms with E-state index in [-0.39, 0.29) is 0 Å². The summed E-state index contributed by atoms with van der Waals surface area (Å²) in [5.74, 6) is 1.46. The summed E-state index contributed by atoms with van der Waals surface area (Å²) < 4.78 is 0. The van der Waals surface area contributed by atoms with Gasteiger partial charge in [-0.1, -0.05) is 79.7 Å². The fraction of sp³-hybridized carbons (Fsp3) is 0.647. The van der Waals surface area contributed by atoms with E-state index in [1.165, 1.54) is 49.7 Å². The lowest BCUT2D eigenvalue weighted by Crippen LogP contribution is -2.07. The van der Waals surface area contributed by atoms with Crippen LogP contribution in [-0.2, 0) is 0 Å². The fourth-order valence-electron chi connectivity index (χ4n) is 2.94. The first-order valence-corrected chi connectivity index (χ1v) is 8.34. The Morgan fingerprint density at radius 1 is 0.889 bits per heavy atom. The van der Waals surface area contributed by atoms with Crippen LogP contribution in [0.1, 0.15) is 74.2 Å². The first-order chi connectivity index (χ1) is 8.68. The molecule has 0 N–H and O–H groups in total. The highest BCUT2D eigenvalue weighted by molar-refractivity contribution is 9.09. The third-order valence-corrected chi connectivity index (χ3v) is 5.51. The first-order valence-electron chi connectivity index (χ1n) is 7.42. The Morgan fingerprint density at radius 3 is 1.89 bits per heavy atom. The number of benzene rings is 1. The van der Waals surface area contributed by atoms with Crippen molar-refractivity contribution < 1.29 is 0 Å². The molecule has 1 saturated carbocycles. The minimum absolute atomic E-state index is 0.553. The zero-order chi connectivity index (χ0) is 13.0. The van der Waals surface area contributed by atoms with Gasteiger partial charge in [-0.15, -0.1) is 0 Å².